The molecule has 0 atom stereocenters. The summed E-state index contributed by atoms with van der Waals surface area (Å²) in [5.41, 5.74) is 5.42. The number of halogens is 2. The summed E-state index contributed by atoms with van der Waals surface area (Å²) >= 11 is 0. The van der Waals surface area contributed by atoms with Crippen LogP contribution in [-0.2, 0) is 16.0 Å². The van der Waals surface area contributed by atoms with Gasteiger partial charge in [-0.15, -0.1) is 0 Å². The van der Waals surface area contributed by atoms with Crippen LogP contribution >= 0.6 is 0 Å². The SMILES string of the molecule is CC(C)C(=O)NNC(=O)CCc1ccc(OC(F)F)cc1. The van der Waals surface area contributed by atoms with Crippen molar-refractivity contribution in [2.45, 2.75) is 33.3 Å². The Balaban J connectivity index is 2.34. The minimum Gasteiger partial charge on any atom is -0.435 e. The van der Waals surface area contributed by atoms with Crippen molar-refractivity contribution in [2.24, 2.45) is 5.92 Å². The van der Waals surface area contributed by atoms with Crippen molar-refractivity contribution in [3.05, 3.63) is 29.8 Å². The Labute approximate surface area is 121 Å². The summed E-state index contributed by atoms with van der Waals surface area (Å²) in [4.78, 5) is 22.8. The first-order valence-corrected chi connectivity index (χ1v) is 6.51. The number of hydrogen-bond donors (Lipinski definition) is 2. The van der Waals surface area contributed by atoms with Gasteiger partial charge in [-0.25, -0.2) is 0 Å². The van der Waals surface area contributed by atoms with Gasteiger partial charge in [-0.1, -0.05) is 26.0 Å². The van der Waals surface area contributed by atoms with Gasteiger partial charge in [0.05, 0.1) is 0 Å². The van der Waals surface area contributed by atoms with E-state index in [0.717, 1.165) is 5.56 Å². The number of hydrogen-bond acceptors (Lipinski definition) is 3. The fraction of sp³-hybridized carbons (Fsp3) is 0.429. The third-order valence-corrected chi connectivity index (χ3v) is 2.64. The van der Waals surface area contributed by atoms with Gasteiger partial charge in [-0.2, -0.15) is 8.78 Å². The van der Waals surface area contributed by atoms with E-state index >= 15 is 0 Å². The van der Waals surface area contributed by atoms with Crippen LogP contribution in [0.4, 0.5) is 8.78 Å². The molecule has 0 heterocycles. The quantitative estimate of drug-likeness (QED) is 0.790. The van der Waals surface area contributed by atoms with Gasteiger partial charge in [0.15, 0.2) is 0 Å². The van der Waals surface area contributed by atoms with Crippen LogP contribution in [0.3, 0.4) is 0 Å². The highest BCUT2D eigenvalue weighted by molar-refractivity contribution is 5.82. The highest BCUT2D eigenvalue weighted by Crippen LogP contribution is 2.15. The van der Waals surface area contributed by atoms with Crippen LogP contribution in [0.2, 0.25) is 0 Å². The number of rotatable bonds is 6. The number of nitrogens with one attached hydrogen (secondary N) is 2. The van der Waals surface area contributed by atoms with Gasteiger partial charge in [0.2, 0.25) is 11.8 Å². The van der Waals surface area contributed by atoms with Crippen molar-refractivity contribution < 1.29 is 23.1 Å². The Morgan fingerprint density at radius 1 is 1.14 bits per heavy atom. The van der Waals surface area contributed by atoms with E-state index in [1.54, 1.807) is 26.0 Å². The molecule has 0 aliphatic heterocycles. The van der Waals surface area contributed by atoms with E-state index in [2.05, 4.69) is 15.6 Å². The average Bonchev–Trinajstić information content (AvgIpc) is 2.43. The Morgan fingerprint density at radius 2 is 1.76 bits per heavy atom. The molecular weight excluding hydrogens is 282 g/mol. The third-order valence-electron chi connectivity index (χ3n) is 2.64. The summed E-state index contributed by atoms with van der Waals surface area (Å²) in [6.07, 6.45) is 0.603. The fourth-order valence-electron chi connectivity index (χ4n) is 1.43. The molecule has 1 aromatic rings. The van der Waals surface area contributed by atoms with Crippen LogP contribution in [0.5, 0.6) is 5.75 Å². The Hall–Kier alpha value is -2.18. The monoisotopic (exact) mass is 300 g/mol. The highest BCUT2D eigenvalue weighted by Gasteiger charge is 2.08. The van der Waals surface area contributed by atoms with Crippen molar-refractivity contribution in [2.75, 3.05) is 0 Å². The van der Waals surface area contributed by atoms with Gasteiger partial charge in [0, 0.05) is 12.3 Å². The van der Waals surface area contributed by atoms with Gasteiger partial charge in [-0.3, -0.25) is 20.4 Å². The molecule has 116 valence electrons. The zero-order valence-electron chi connectivity index (χ0n) is 11.9. The van der Waals surface area contributed by atoms with E-state index in [9.17, 15) is 18.4 Å². The lowest BCUT2D eigenvalue weighted by molar-refractivity contribution is -0.130. The van der Waals surface area contributed by atoms with Gasteiger partial charge in [0.1, 0.15) is 5.75 Å². The summed E-state index contributed by atoms with van der Waals surface area (Å²) in [7, 11) is 0. The number of carbonyl (C=O) groups excluding carboxylic acids is 2. The fourth-order valence-corrected chi connectivity index (χ4v) is 1.43. The molecule has 0 fully saturated rings. The first-order valence-electron chi connectivity index (χ1n) is 6.51. The molecule has 0 saturated carbocycles. The topological polar surface area (TPSA) is 67.4 Å². The van der Waals surface area contributed by atoms with E-state index in [1.165, 1.54) is 12.1 Å². The van der Waals surface area contributed by atoms with Crippen LogP contribution < -0.4 is 15.6 Å². The molecule has 2 N–H and O–H groups in total. The second kappa shape index (κ2) is 8.18. The number of carbonyl (C=O) groups is 2. The standard InChI is InChI=1S/C14H18F2N2O3/c1-9(2)13(20)18-17-12(19)8-5-10-3-6-11(7-4-10)21-14(15)16/h3-4,6-7,9,14H,5,8H2,1-2H3,(H,17,19)(H,18,20). The molecule has 1 aromatic carbocycles. The molecule has 7 heteroatoms. The van der Waals surface area contributed by atoms with E-state index in [4.69, 9.17) is 0 Å². The second-order valence-corrected chi connectivity index (χ2v) is 4.71. The lowest BCUT2D eigenvalue weighted by atomic mass is 10.1. The molecular formula is C14H18F2N2O3. The van der Waals surface area contributed by atoms with Crippen molar-refractivity contribution in [3.63, 3.8) is 0 Å². The molecule has 0 aliphatic carbocycles. The maximum atomic E-state index is 12.0. The third kappa shape index (κ3) is 6.69. The largest absolute Gasteiger partial charge is 0.435 e. The molecule has 21 heavy (non-hydrogen) atoms. The number of amides is 2. The Morgan fingerprint density at radius 3 is 2.29 bits per heavy atom. The molecule has 1 rings (SSSR count). The number of benzene rings is 1. The van der Waals surface area contributed by atoms with Crippen molar-refractivity contribution in [3.8, 4) is 5.75 Å². The van der Waals surface area contributed by atoms with Gasteiger partial charge in [0.25, 0.3) is 0 Å². The maximum Gasteiger partial charge on any atom is 0.387 e. The second-order valence-electron chi connectivity index (χ2n) is 4.71. The molecule has 0 bridgehead atoms. The molecule has 0 aliphatic rings. The van der Waals surface area contributed by atoms with Gasteiger partial charge < -0.3 is 4.74 Å². The Bertz CT molecular complexity index is 476. The zero-order valence-corrected chi connectivity index (χ0v) is 11.9. The summed E-state index contributed by atoms with van der Waals surface area (Å²) < 4.78 is 28.2. The van der Waals surface area contributed by atoms with Crippen LogP contribution in [0.15, 0.2) is 24.3 Å². The number of alkyl halides is 2. The van der Waals surface area contributed by atoms with Gasteiger partial charge >= 0.3 is 6.61 Å². The first kappa shape index (κ1) is 16.9. The van der Waals surface area contributed by atoms with E-state index < -0.39 is 6.61 Å². The molecule has 0 unspecified atom stereocenters. The van der Waals surface area contributed by atoms with Crippen molar-refractivity contribution >= 4 is 11.8 Å². The normalized spacial score (nSPS) is 10.6. The smallest absolute Gasteiger partial charge is 0.387 e. The summed E-state index contributed by atoms with van der Waals surface area (Å²) in [5.74, 6) is -0.733. The summed E-state index contributed by atoms with van der Waals surface area (Å²) in [6, 6.07) is 6.05. The first-order chi connectivity index (χ1) is 9.88. The van der Waals surface area contributed by atoms with Crippen LogP contribution in [0, 0.1) is 5.92 Å². The molecule has 2 amide bonds. The van der Waals surface area contributed by atoms with Gasteiger partial charge in [-0.05, 0) is 24.1 Å². The predicted octanol–water partition coefficient (Wildman–Crippen LogP) is 2.02. The lowest BCUT2D eigenvalue weighted by Crippen LogP contribution is -2.43. The average molecular weight is 300 g/mol. The number of hydrazine groups is 1. The highest BCUT2D eigenvalue weighted by atomic mass is 19.3. The van der Waals surface area contributed by atoms with Crippen molar-refractivity contribution in [1.29, 1.82) is 0 Å². The minimum atomic E-state index is -2.86. The zero-order chi connectivity index (χ0) is 15.8. The number of ether oxygens (including phenoxy) is 1. The maximum absolute atomic E-state index is 12.0. The molecule has 0 saturated heterocycles. The predicted molar refractivity (Wildman–Crippen MR) is 72.5 cm³/mol. The summed E-state index contributed by atoms with van der Waals surface area (Å²) in [6.45, 7) is 0.570. The van der Waals surface area contributed by atoms with E-state index in [-0.39, 0.29) is 29.9 Å². The molecule has 0 radical (unpaired) electrons. The molecule has 5 nitrogen and oxygen atoms in total. The Kier molecular flexibility index (Phi) is 6.58. The van der Waals surface area contributed by atoms with Crippen LogP contribution in [0.1, 0.15) is 25.8 Å². The van der Waals surface area contributed by atoms with E-state index in [1.807, 2.05) is 0 Å². The lowest BCUT2D eigenvalue weighted by Gasteiger charge is -2.09. The van der Waals surface area contributed by atoms with Crippen molar-refractivity contribution in [1.82, 2.24) is 10.9 Å². The minimum absolute atomic E-state index is 0.0717. The summed E-state index contributed by atoms with van der Waals surface area (Å²) in [5, 5.41) is 0. The van der Waals surface area contributed by atoms with Crippen LogP contribution in [-0.4, -0.2) is 18.4 Å². The number of aryl methyl sites for hydroxylation is 1. The van der Waals surface area contributed by atoms with E-state index in [0.29, 0.717) is 6.42 Å². The molecule has 0 aromatic heterocycles. The molecule has 0 spiro atoms. The van der Waals surface area contributed by atoms with Crippen LogP contribution in [0.25, 0.3) is 0 Å².